The van der Waals surface area contributed by atoms with Gasteiger partial charge in [-0.25, -0.2) is 0 Å². The van der Waals surface area contributed by atoms with Crippen LogP contribution in [0.1, 0.15) is 5.56 Å². The normalized spacial score (nSPS) is 19.6. The van der Waals surface area contributed by atoms with Gasteiger partial charge in [0.25, 0.3) is 5.91 Å². The number of amides is 1. The molecule has 0 bridgehead atoms. The highest BCUT2D eigenvalue weighted by molar-refractivity contribution is 9.10. The first-order chi connectivity index (χ1) is 11.6. The van der Waals surface area contributed by atoms with Crippen molar-refractivity contribution in [1.82, 2.24) is 4.90 Å². The van der Waals surface area contributed by atoms with Crippen LogP contribution in [0.2, 0.25) is 0 Å². The van der Waals surface area contributed by atoms with E-state index in [0.29, 0.717) is 29.6 Å². The first kappa shape index (κ1) is 17.3. The van der Waals surface area contributed by atoms with E-state index < -0.39 is 0 Å². The Morgan fingerprint density at radius 2 is 1.96 bits per heavy atom. The third-order valence-electron chi connectivity index (χ3n) is 3.68. The average molecular weight is 413 g/mol. The Morgan fingerprint density at radius 3 is 2.62 bits per heavy atom. The van der Waals surface area contributed by atoms with Crippen LogP contribution in [0.15, 0.2) is 26.5 Å². The first-order valence-electron chi connectivity index (χ1n) is 7.39. The second kappa shape index (κ2) is 7.58. The third kappa shape index (κ3) is 3.60. The predicted molar refractivity (Wildman–Crippen MR) is 97.6 cm³/mol. The number of hydrogen-bond donors (Lipinski definition) is 0. The molecule has 1 aromatic rings. The summed E-state index contributed by atoms with van der Waals surface area (Å²) in [5.74, 6) is 1.08. The van der Waals surface area contributed by atoms with Gasteiger partial charge in [0.05, 0.1) is 36.8 Å². The molecule has 0 spiro atoms. The van der Waals surface area contributed by atoms with Crippen LogP contribution in [0.25, 0.3) is 6.08 Å². The molecular weight excluding hydrogens is 396 g/mol. The molecule has 24 heavy (non-hydrogen) atoms. The van der Waals surface area contributed by atoms with Crippen LogP contribution < -0.4 is 9.47 Å². The van der Waals surface area contributed by atoms with E-state index in [9.17, 15) is 4.79 Å². The van der Waals surface area contributed by atoms with E-state index in [4.69, 9.17) is 14.2 Å². The highest BCUT2D eigenvalue weighted by Gasteiger charge is 2.27. The lowest BCUT2D eigenvalue weighted by Gasteiger charge is -2.27. The number of carbonyl (C=O) groups excluding carboxylic acids is 1. The Balaban J connectivity index is 1.85. The van der Waals surface area contributed by atoms with Crippen molar-refractivity contribution in [2.24, 2.45) is 4.99 Å². The molecule has 8 heteroatoms. The summed E-state index contributed by atoms with van der Waals surface area (Å²) in [4.78, 5) is 19.0. The van der Waals surface area contributed by atoms with Gasteiger partial charge < -0.3 is 19.1 Å². The summed E-state index contributed by atoms with van der Waals surface area (Å²) in [6, 6.07) is 3.65. The number of methoxy groups -OCH3 is 2. The fourth-order valence-electron chi connectivity index (χ4n) is 2.43. The minimum atomic E-state index is -0.226. The van der Waals surface area contributed by atoms with E-state index in [2.05, 4.69) is 25.8 Å². The van der Waals surface area contributed by atoms with Crippen LogP contribution in [0.4, 0.5) is 0 Å². The van der Waals surface area contributed by atoms with Crippen LogP contribution in [0, 0.1) is 0 Å². The highest BCUT2D eigenvalue weighted by Crippen LogP contribution is 2.37. The number of rotatable bonds is 3. The molecule has 2 aliphatic rings. The predicted octanol–water partition coefficient (Wildman–Crippen LogP) is 2.77. The quantitative estimate of drug-likeness (QED) is 0.711. The maximum Gasteiger partial charge on any atom is 0.286 e. The zero-order valence-electron chi connectivity index (χ0n) is 13.4. The van der Waals surface area contributed by atoms with E-state index in [1.165, 1.54) is 11.8 Å². The molecule has 0 atom stereocenters. The van der Waals surface area contributed by atoms with Gasteiger partial charge >= 0.3 is 0 Å². The molecule has 2 aliphatic heterocycles. The average Bonchev–Trinajstić information content (AvgIpc) is 2.97. The van der Waals surface area contributed by atoms with Crippen molar-refractivity contribution in [3.8, 4) is 11.5 Å². The first-order valence-corrected chi connectivity index (χ1v) is 9.00. The summed E-state index contributed by atoms with van der Waals surface area (Å²) in [5, 5.41) is 0.737. The van der Waals surface area contributed by atoms with Gasteiger partial charge in [0.1, 0.15) is 11.5 Å². The van der Waals surface area contributed by atoms with Crippen LogP contribution in [0.5, 0.6) is 11.5 Å². The van der Waals surface area contributed by atoms with Gasteiger partial charge in [-0.2, -0.15) is 4.99 Å². The second-order valence-corrected chi connectivity index (χ2v) is 7.00. The molecule has 0 radical (unpaired) electrons. The standard InChI is InChI=1S/C16H17BrN2O4S/c1-21-12-9-13(22-2)11(17)7-10(12)8-14-15(20)18-16(24-14)19-3-5-23-6-4-19/h7-9H,3-6H2,1-2H3. The lowest BCUT2D eigenvalue weighted by atomic mass is 10.1. The molecule has 0 N–H and O–H groups in total. The largest absolute Gasteiger partial charge is 0.496 e. The molecule has 1 saturated heterocycles. The van der Waals surface area contributed by atoms with Crippen LogP contribution in [-0.2, 0) is 9.53 Å². The molecule has 1 aromatic carbocycles. The maximum atomic E-state index is 12.2. The molecule has 3 rings (SSSR count). The third-order valence-corrected chi connectivity index (χ3v) is 5.35. The number of aliphatic imine (C=N–C) groups is 1. The van der Waals surface area contributed by atoms with E-state index in [1.54, 1.807) is 26.4 Å². The molecule has 6 nitrogen and oxygen atoms in total. The molecule has 128 valence electrons. The van der Waals surface area contributed by atoms with Crippen molar-refractivity contribution in [3.63, 3.8) is 0 Å². The topological polar surface area (TPSA) is 60.4 Å². The van der Waals surface area contributed by atoms with E-state index >= 15 is 0 Å². The minimum absolute atomic E-state index is 0.226. The SMILES string of the molecule is COc1cc(OC)c(C=C2SC(N3CCOCC3)=NC2=O)cc1Br. The Bertz CT molecular complexity index is 714. The van der Waals surface area contributed by atoms with Gasteiger partial charge in [-0.05, 0) is 39.8 Å². The number of morpholine rings is 1. The summed E-state index contributed by atoms with van der Waals surface area (Å²) in [6.45, 7) is 2.83. The Labute approximate surface area is 153 Å². The second-order valence-electron chi connectivity index (χ2n) is 5.14. The van der Waals surface area contributed by atoms with Gasteiger partial charge in [-0.15, -0.1) is 0 Å². The van der Waals surface area contributed by atoms with Crippen LogP contribution in [0.3, 0.4) is 0 Å². The summed E-state index contributed by atoms with van der Waals surface area (Å²) in [7, 11) is 3.18. The molecule has 0 aromatic heterocycles. The van der Waals surface area contributed by atoms with Gasteiger partial charge in [-0.3, -0.25) is 4.79 Å². The Hall–Kier alpha value is -1.51. The maximum absolute atomic E-state index is 12.2. The van der Waals surface area contributed by atoms with Gasteiger partial charge in [0.15, 0.2) is 5.17 Å². The highest BCUT2D eigenvalue weighted by atomic mass is 79.9. The van der Waals surface area contributed by atoms with Gasteiger partial charge in [-0.1, -0.05) is 0 Å². The number of hydrogen-bond acceptors (Lipinski definition) is 6. The molecular formula is C16H17BrN2O4S. The molecule has 0 aliphatic carbocycles. The number of carbonyl (C=O) groups is 1. The fourth-order valence-corrected chi connectivity index (χ4v) is 3.90. The number of thioether (sulfide) groups is 1. The summed E-state index contributed by atoms with van der Waals surface area (Å²) in [5.41, 5.74) is 0.791. The van der Waals surface area contributed by atoms with E-state index in [1.807, 2.05) is 6.07 Å². The van der Waals surface area contributed by atoms with Crippen molar-refractivity contribution in [2.45, 2.75) is 0 Å². The lowest BCUT2D eigenvalue weighted by molar-refractivity contribution is -0.113. The Kier molecular flexibility index (Phi) is 5.47. The molecule has 0 unspecified atom stereocenters. The van der Waals surface area contributed by atoms with Gasteiger partial charge in [0.2, 0.25) is 0 Å². The minimum Gasteiger partial charge on any atom is -0.496 e. The molecule has 1 fully saturated rings. The summed E-state index contributed by atoms with van der Waals surface area (Å²) in [6.07, 6.45) is 1.80. The molecule has 1 amide bonds. The number of halogens is 1. The summed E-state index contributed by atoms with van der Waals surface area (Å²) >= 11 is 4.84. The number of amidine groups is 1. The molecule has 2 heterocycles. The van der Waals surface area contributed by atoms with Crippen LogP contribution >= 0.6 is 27.7 Å². The van der Waals surface area contributed by atoms with Crippen molar-refractivity contribution in [1.29, 1.82) is 0 Å². The van der Waals surface area contributed by atoms with Gasteiger partial charge in [0, 0.05) is 24.7 Å². The fraction of sp³-hybridized carbons (Fsp3) is 0.375. The number of benzene rings is 1. The smallest absolute Gasteiger partial charge is 0.286 e. The molecule has 0 saturated carbocycles. The zero-order valence-corrected chi connectivity index (χ0v) is 15.8. The summed E-state index contributed by atoms with van der Waals surface area (Å²) < 4.78 is 16.8. The lowest BCUT2D eigenvalue weighted by Crippen LogP contribution is -2.38. The number of ether oxygens (including phenoxy) is 3. The van der Waals surface area contributed by atoms with E-state index in [-0.39, 0.29) is 5.91 Å². The van der Waals surface area contributed by atoms with Crippen molar-refractivity contribution >= 4 is 44.8 Å². The van der Waals surface area contributed by atoms with Crippen LogP contribution in [-0.4, -0.2) is 56.5 Å². The van der Waals surface area contributed by atoms with Crippen molar-refractivity contribution in [2.75, 3.05) is 40.5 Å². The van der Waals surface area contributed by atoms with Crippen molar-refractivity contribution < 1.29 is 19.0 Å². The monoisotopic (exact) mass is 412 g/mol. The van der Waals surface area contributed by atoms with Crippen molar-refractivity contribution in [3.05, 3.63) is 27.1 Å². The number of nitrogens with zero attached hydrogens (tertiary/aromatic N) is 2. The van der Waals surface area contributed by atoms with E-state index in [0.717, 1.165) is 28.3 Å². The Morgan fingerprint density at radius 1 is 1.25 bits per heavy atom. The zero-order chi connectivity index (χ0) is 17.1.